The van der Waals surface area contributed by atoms with Crippen LogP contribution in [0.3, 0.4) is 0 Å². The number of phenolic OH excluding ortho intramolecular Hbond substituents is 4. The van der Waals surface area contributed by atoms with E-state index in [9.17, 15) is 40.5 Å². The topological polar surface area (TPSA) is 186 Å². The fraction of sp³-hybridized carbons (Fsp3) is 0.381. The van der Waals surface area contributed by atoms with Crippen LogP contribution in [-0.2, 0) is 9.47 Å². The first-order valence-electron chi connectivity index (χ1n) is 9.63. The monoisotopic (exact) mass is 452 g/mol. The highest BCUT2D eigenvalue weighted by atomic mass is 16.7. The zero-order valence-corrected chi connectivity index (χ0v) is 17.1. The Morgan fingerprint density at radius 2 is 1.62 bits per heavy atom. The first kappa shape index (κ1) is 23.6. The molecule has 0 bridgehead atoms. The molecule has 0 saturated heterocycles. The average Bonchev–Trinajstić information content (AvgIpc) is 2.69. The number of ether oxygens (including phenoxy) is 3. The Balaban J connectivity index is 2.09. The van der Waals surface area contributed by atoms with Crippen molar-refractivity contribution in [1.29, 1.82) is 0 Å². The van der Waals surface area contributed by atoms with Crippen LogP contribution in [0.5, 0.6) is 28.7 Å². The highest BCUT2D eigenvalue weighted by Crippen LogP contribution is 2.44. The van der Waals surface area contributed by atoms with E-state index >= 15 is 0 Å². The number of aliphatic hydroxyl groups excluding tert-OH is 2. The zero-order valence-electron chi connectivity index (χ0n) is 17.1. The van der Waals surface area contributed by atoms with Crippen molar-refractivity contribution < 1.29 is 54.8 Å². The van der Waals surface area contributed by atoms with Crippen molar-refractivity contribution in [2.24, 2.45) is 0 Å². The summed E-state index contributed by atoms with van der Waals surface area (Å²) in [4.78, 5) is 13.3. The molecule has 7 N–H and O–H groups in total. The minimum Gasteiger partial charge on any atom is -0.508 e. The van der Waals surface area contributed by atoms with Gasteiger partial charge in [-0.2, -0.15) is 0 Å². The summed E-state index contributed by atoms with van der Waals surface area (Å²) >= 11 is 0. The lowest BCUT2D eigenvalue weighted by molar-refractivity contribution is -0.273. The molecule has 0 aromatic heterocycles. The van der Waals surface area contributed by atoms with Gasteiger partial charge in [-0.15, -0.1) is 0 Å². The van der Waals surface area contributed by atoms with E-state index < -0.39 is 60.0 Å². The van der Waals surface area contributed by atoms with E-state index in [1.54, 1.807) is 13.8 Å². The molecule has 0 spiro atoms. The van der Waals surface area contributed by atoms with E-state index in [1.807, 2.05) is 0 Å². The van der Waals surface area contributed by atoms with Crippen LogP contribution in [0.1, 0.15) is 35.9 Å². The molecule has 11 nitrogen and oxygen atoms in total. The van der Waals surface area contributed by atoms with Crippen LogP contribution in [0.15, 0.2) is 30.3 Å². The van der Waals surface area contributed by atoms with E-state index in [0.717, 1.165) is 24.3 Å². The van der Waals surface area contributed by atoms with Gasteiger partial charge in [-0.1, -0.05) is 6.07 Å². The summed E-state index contributed by atoms with van der Waals surface area (Å²) in [7, 11) is 0. The lowest BCUT2D eigenvalue weighted by atomic mass is 9.92. The molecule has 1 aliphatic rings. The van der Waals surface area contributed by atoms with Crippen LogP contribution < -0.4 is 4.74 Å². The van der Waals surface area contributed by atoms with Crippen LogP contribution >= 0.6 is 0 Å². The fourth-order valence-electron chi connectivity index (χ4n) is 3.25. The van der Waals surface area contributed by atoms with Gasteiger partial charge in [-0.3, -0.25) is 4.79 Å². The number of rotatable bonds is 7. The first-order chi connectivity index (χ1) is 15.0. The molecule has 0 aliphatic carbocycles. The van der Waals surface area contributed by atoms with Crippen LogP contribution in [0.2, 0.25) is 0 Å². The van der Waals surface area contributed by atoms with E-state index in [1.165, 1.54) is 6.07 Å². The first-order valence-corrected chi connectivity index (χ1v) is 9.63. The summed E-state index contributed by atoms with van der Waals surface area (Å²) in [5.74, 6) is -2.89. The second-order valence-corrected chi connectivity index (χ2v) is 7.50. The fourth-order valence-corrected chi connectivity index (χ4v) is 3.25. The van der Waals surface area contributed by atoms with Crippen molar-refractivity contribution in [3.63, 3.8) is 0 Å². The van der Waals surface area contributed by atoms with E-state index in [4.69, 9.17) is 14.2 Å². The number of ketones is 1. The van der Waals surface area contributed by atoms with Gasteiger partial charge in [-0.25, -0.2) is 0 Å². The van der Waals surface area contributed by atoms with E-state index in [2.05, 4.69) is 0 Å². The van der Waals surface area contributed by atoms with Gasteiger partial charge in [0.2, 0.25) is 5.78 Å². The summed E-state index contributed by atoms with van der Waals surface area (Å²) in [6.45, 7) is 3.18. The number of hydrogen-bond donors (Lipinski definition) is 7. The number of carbonyl (C=O) groups is 1. The zero-order chi connectivity index (χ0) is 23.7. The van der Waals surface area contributed by atoms with Gasteiger partial charge in [0.05, 0.1) is 6.10 Å². The molecule has 3 rings (SSSR count). The molecule has 2 aromatic rings. The standard InChI is InChI=1S/C21H24O11/c1-8(2)30-21(17(27)20(28)29)32-19-16(26)15-13(25)6-10(22)7-14(15)31-18(19)9-3-4-11(23)12(24)5-9/h3-8,17-25,27-29H,1-2H3/t17?,18-,19?,21?/m1/s1. The van der Waals surface area contributed by atoms with Gasteiger partial charge in [-0.05, 0) is 31.5 Å². The minimum atomic E-state index is -2.26. The lowest BCUT2D eigenvalue weighted by Crippen LogP contribution is -2.48. The van der Waals surface area contributed by atoms with Crippen LogP contribution in [0.25, 0.3) is 0 Å². The predicted octanol–water partition coefficient (Wildman–Crippen LogP) is 0.633. The van der Waals surface area contributed by atoms with Crippen LogP contribution in [-0.4, -0.2) is 72.4 Å². The van der Waals surface area contributed by atoms with Crippen molar-refractivity contribution in [2.75, 3.05) is 0 Å². The molecule has 1 aliphatic heterocycles. The van der Waals surface area contributed by atoms with E-state index in [0.29, 0.717) is 0 Å². The Hall–Kier alpha value is -3.09. The molecule has 1 heterocycles. The van der Waals surface area contributed by atoms with Crippen LogP contribution in [0.4, 0.5) is 0 Å². The summed E-state index contributed by atoms with van der Waals surface area (Å²) in [6, 6.07) is 5.64. The second kappa shape index (κ2) is 9.18. The number of hydrogen-bond acceptors (Lipinski definition) is 11. The molecular formula is C21H24O11. The molecular weight excluding hydrogens is 428 g/mol. The third-order valence-corrected chi connectivity index (χ3v) is 4.70. The van der Waals surface area contributed by atoms with Gasteiger partial charge < -0.3 is 50.0 Å². The van der Waals surface area contributed by atoms with E-state index in [-0.39, 0.29) is 22.6 Å². The Bertz CT molecular complexity index is 988. The molecule has 2 aromatic carbocycles. The van der Waals surface area contributed by atoms with Crippen molar-refractivity contribution in [3.8, 4) is 28.7 Å². The summed E-state index contributed by atoms with van der Waals surface area (Å²) in [6.07, 6.45) is -9.37. The molecule has 0 amide bonds. The smallest absolute Gasteiger partial charge is 0.203 e. The number of benzene rings is 2. The normalized spacial score (nSPS) is 20.2. The Labute approximate surface area is 182 Å². The molecule has 0 fully saturated rings. The van der Waals surface area contributed by atoms with Crippen molar-refractivity contribution in [1.82, 2.24) is 0 Å². The van der Waals surface area contributed by atoms with Crippen molar-refractivity contribution >= 4 is 5.78 Å². The van der Waals surface area contributed by atoms with Gasteiger partial charge in [0.15, 0.2) is 42.4 Å². The van der Waals surface area contributed by atoms with Gasteiger partial charge >= 0.3 is 0 Å². The number of carbonyl (C=O) groups excluding carboxylic acids is 1. The number of fused-ring (bicyclic) bond motifs is 1. The minimum absolute atomic E-state index is 0.162. The summed E-state index contributed by atoms with van der Waals surface area (Å²) in [5, 5.41) is 68.3. The maximum atomic E-state index is 13.3. The Morgan fingerprint density at radius 3 is 2.22 bits per heavy atom. The molecule has 3 unspecified atom stereocenters. The third kappa shape index (κ3) is 4.71. The predicted molar refractivity (Wildman–Crippen MR) is 106 cm³/mol. The second-order valence-electron chi connectivity index (χ2n) is 7.50. The molecule has 174 valence electrons. The maximum Gasteiger partial charge on any atom is 0.203 e. The number of aromatic hydroxyl groups is 4. The maximum absolute atomic E-state index is 13.3. The number of phenols is 4. The lowest BCUT2D eigenvalue weighted by Gasteiger charge is -2.36. The van der Waals surface area contributed by atoms with Gasteiger partial charge in [0.25, 0.3) is 0 Å². The number of aliphatic hydroxyl groups is 3. The summed E-state index contributed by atoms with van der Waals surface area (Å²) in [5.41, 5.74) is -0.149. The number of Topliss-reactive ketones (excluding diaryl/α,β-unsaturated/α-hetero) is 1. The molecule has 0 radical (unpaired) electrons. The Kier molecular flexibility index (Phi) is 6.77. The molecule has 0 saturated carbocycles. The third-order valence-electron chi connectivity index (χ3n) is 4.70. The summed E-state index contributed by atoms with van der Waals surface area (Å²) < 4.78 is 16.8. The Morgan fingerprint density at radius 1 is 0.938 bits per heavy atom. The van der Waals surface area contributed by atoms with Gasteiger partial charge in [0.1, 0.15) is 22.8 Å². The quantitative estimate of drug-likeness (QED) is 0.231. The van der Waals surface area contributed by atoms with Crippen molar-refractivity contribution in [3.05, 3.63) is 41.5 Å². The SMILES string of the molecule is CC(C)OC(OC1C(=O)c2c(O)cc(O)cc2O[C@@H]1c1ccc(O)c(O)c1)C(O)C(O)O. The highest BCUT2D eigenvalue weighted by Gasteiger charge is 2.44. The largest absolute Gasteiger partial charge is 0.508 e. The van der Waals surface area contributed by atoms with Crippen molar-refractivity contribution in [2.45, 2.75) is 50.8 Å². The molecule has 32 heavy (non-hydrogen) atoms. The average molecular weight is 452 g/mol. The molecule has 4 atom stereocenters. The molecule has 11 heteroatoms. The van der Waals surface area contributed by atoms with Crippen LogP contribution in [0, 0.1) is 0 Å². The highest BCUT2D eigenvalue weighted by molar-refractivity contribution is 6.05. The van der Waals surface area contributed by atoms with Gasteiger partial charge in [0, 0.05) is 12.1 Å².